The van der Waals surface area contributed by atoms with Gasteiger partial charge in [-0.05, 0) is 50.6 Å². The molecule has 0 spiro atoms. The first-order chi connectivity index (χ1) is 13.4. The van der Waals surface area contributed by atoms with Gasteiger partial charge in [0.1, 0.15) is 0 Å². The molecular formula is C27H20. The largest absolute Gasteiger partial charge is 0.0803 e. The second-order valence-corrected chi connectivity index (χ2v) is 7.69. The third-order valence-corrected chi connectivity index (χ3v) is 6.24. The van der Waals surface area contributed by atoms with Gasteiger partial charge >= 0.3 is 0 Å². The molecule has 2 bridgehead atoms. The first-order valence-corrected chi connectivity index (χ1v) is 9.79. The Kier molecular flexibility index (Phi) is 3.16. The molecule has 6 rings (SSSR count). The minimum Gasteiger partial charge on any atom is -0.0803 e. The summed E-state index contributed by atoms with van der Waals surface area (Å²) >= 11 is 0. The lowest BCUT2D eigenvalue weighted by Crippen LogP contribution is -2.02. The van der Waals surface area contributed by atoms with Crippen LogP contribution in [0, 0.1) is 0 Å². The van der Waals surface area contributed by atoms with Crippen molar-refractivity contribution in [3.05, 3.63) is 108 Å². The van der Waals surface area contributed by atoms with Crippen LogP contribution in [0.3, 0.4) is 0 Å². The predicted molar refractivity (Wildman–Crippen MR) is 114 cm³/mol. The predicted octanol–water partition coefficient (Wildman–Crippen LogP) is 7.31. The average Bonchev–Trinajstić information content (AvgIpc) is 3.36. The van der Waals surface area contributed by atoms with Crippen LogP contribution >= 0.6 is 0 Å². The zero-order valence-corrected chi connectivity index (χ0v) is 15.1. The fraction of sp³-hybridized carbons (Fsp3) is 0.111. The van der Waals surface area contributed by atoms with Crippen LogP contribution in [0.1, 0.15) is 29.4 Å². The van der Waals surface area contributed by atoms with E-state index in [9.17, 15) is 0 Å². The van der Waals surface area contributed by atoms with Crippen LogP contribution in [-0.2, 0) is 0 Å². The summed E-state index contributed by atoms with van der Waals surface area (Å²) in [7, 11) is 0. The molecular weight excluding hydrogens is 324 g/mol. The number of allylic oxidation sites excluding steroid dienone is 2. The van der Waals surface area contributed by atoms with Gasteiger partial charge in [0.2, 0.25) is 0 Å². The number of benzene rings is 4. The van der Waals surface area contributed by atoms with Crippen LogP contribution in [0.2, 0.25) is 0 Å². The number of hydrogen-bond donors (Lipinski definition) is 0. The van der Waals surface area contributed by atoms with E-state index >= 15 is 0 Å². The summed E-state index contributed by atoms with van der Waals surface area (Å²) < 4.78 is 0. The fourth-order valence-electron chi connectivity index (χ4n) is 5.21. The van der Waals surface area contributed by atoms with Crippen LogP contribution in [0.25, 0.3) is 33.0 Å². The van der Waals surface area contributed by atoms with E-state index in [-0.39, 0.29) is 0 Å². The maximum absolute atomic E-state index is 2.43. The van der Waals surface area contributed by atoms with Crippen LogP contribution in [-0.4, -0.2) is 0 Å². The van der Waals surface area contributed by atoms with Gasteiger partial charge in [0, 0.05) is 11.8 Å². The summed E-state index contributed by atoms with van der Waals surface area (Å²) in [5, 5.41) is 2.75. The lowest BCUT2D eigenvalue weighted by molar-refractivity contribution is 0.805. The monoisotopic (exact) mass is 344 g/mol. The molecule has 4 aromatic rings. The maximum atomic E-state index is 2.43. The van der Waals surface area contributed by atoms with Gasteiger partial charge < -0.3 is 0 Å². The van der Waals surface area contributed by atoms with Crippen molar-refractivity contribution in [2.45, 2.75) is 18.3 Å². The van der Waals surface area contributed by atoms with Gasteiger partial charge in [-0.2, -0.15) is 0 Å². The van der Waals surface area contributed by atoms with Crippen molar-refractivity contribution in [2.75, 3.05) is 0 Å². The third-order valence-electron chi connectivity index (χ3n) is 6.24. The first kappa shape index (κ1) is 15.0. The quantitative estimate of drug-likeness (QED) is 0.334. The van der Waals surface area contributed by atoms with Gasteiger partial charge in [0.25, 0.3) is 0 Å². The first-order valence-electron chi connectivity index (χ1n) is 9.79. The molecule has 0 saturated carbocycles. The molecule has 0 heterocycles. The van der Waals surface area contributed by atoms with Crippen molar-refractivity contribution >= 4 is 10.8 Å². The Hall–Kier alpha value is -3.12. The van der Waals surface area contributed by atoms with Gasteiger partial charge in [-0.15, -0.1) is 0 Å². The summed E-state index contributed by atoms with van der Waals surface area (Å²) in [6, 6.07) is 30.9. The molecule has 0 fully saturated rings. The van der Waals surface area contributed by atoms with Crippen molar-refractivity contribution in [3.63, 3.8) is 0 Å². The summed E-state index contributed by atoms with van der Waals surface area (Å²) in [4.78, 5) is 0. The van der Waals surface area contributed by atoms with Crippen molar-refractivity contribution < 1.29 is 0 Å². The van der Waals surface area contributed by atoms with E-state index in [1.165, 1.54) is 39.4 Å². The van der Waals surface area contributed by atoms with Crippen LogP contribution in [0.5, 0.6) is 0 Å². The highest BCUT2D eigenvalue weighted by molar-refractivity contribution is 6.09. The van der Waals surface area contributed by atoms with Crippen LogP contribution in [0.15, 0.2) is 97.1 Å². The number of hydrogen-bond acceptors (Lipinski definition) is 0. The lowest BCUT2D eigenvalue weighted by atomic mass is 9.80. The molecule has 0 aromatic heterocycles. The Morgan fingerprint density at radius 3 is 1.33 bits per heavy atom. The molecule has 0 saturated heterocycles. The fourth-order valence-corrected chi connectivity index (χ4v) is 5.21. The standard InChI is InChI=1S/C27H20/c1-3-9-18(10-4-1)24-22-13-7-8-14-23(22)25(19-11-5-2-6-12-19)27-21-16-15-20(17-21)26(24)27/h1-16,20-21H,17H2. The molecule has 27 heavy (non-hydrogen) atoms. The number of fused-ring (bicyclic) bond motifs is 6. The van der Waals surface area contributed by atoms with E-state index in [2.05, 4.69) is 97.1 Å². The number of rotatable bonds is 2. The lowest BCUT2D eigenvalue weighted by Gasteiger charge is -2.24. The molecule has 0 heteroatoms. The van der Waals surface area contributed by atoms with Gasteiger partial charge in [-0.3, -0.25) is 0 Å². The van der Waals surface area contributed by atoms with Crippen molar-refractivity contribution in [3.8, 4) is 22.3 Å². The highest BCUT2D eigenvalue weighted by atomic mass is 14.4. The van der Waals surface area contributed by atoms with E-state index < -0.39 is 0 Å². The summed E-state index contributed by atoms with van der Waals surface area (Å²) in [5.41, 5.74) is 8.68. The van der Waals surface area contributed by atoms with E-state index in [0.717, 1.165) is 0 Å². The van der Waals surface area contributed by atoms with Gasteiger partial charge in [-0.25, -0.2) is 0 Å². The Morgan fingerprint density at radius 2 is 0.889 bits per heavy atom. The van der Waals surface area contributed by atoms with Gasteiger partial charge in [-0.1, -0.05) is 97.1 Å². The molecule has 4 aromatic carbocycles. The second-order valence-electron chi connectivity index (χ2n) is 7.69. The van der Waals surface area contributed by atoms with E-state index in [1.54, 1.807) is 11.1 Å². The highest BCUT2D eigenvalue weighted by Gasteiger charge is 2.38. The third kappa shape index (κ3) is 2.10. The van der Waals surface area contributed by atoms with Crippen molar-refractivity contribution in [2.24, 2.45) is 0 Å². The summed E-state index contributed by atoms with van der Waals surface area (Å²) in [5.74, 6) is 1.10. The minimum absolute atomic E-state index is 0.548. The van der Waals surface area contributed by atoms with Crippen LogP contribution in [0.4, 0.5) is 0 Å². The van der Waals surface area contributed by atoms with E-state index in [0.29, 0.717) is 11.8 Å². The molecule has 0 aliphatic heterocycles. The van der Waals surface area contributed by atoms with Crippen molar-refractivity contribution in [1.82, 2.24) is 0 Å². The molecule has 128 valence electrons. The van der Waals surface area contributed by atoms with Gasteiger partial charge in [0.05, 0.1) is 0 Å². The zero-order chi connectivity index (χ0) is 17.8. The van der Waals surface area contributed by atoms with Crippen LogP contribution < -0.4 is 0 Å². The molecule has 0 radical (unpaired) electrons. The normalized spacial score (nSPS) is 19.6. The maximum Gasteiger partial charge on any atom is 0.00365 e. The highest BCUT2D eigenvalue weighted by Crippen LogP contribution is 2.57. The smallest absolute Gasteiger partial charge is 0.00365 e. The summed E-state index contributed by atoms with van der Waals surface area (Å²) in [6.45, 7) is 0. The molecule has 0 N–H and O–H groups in total. The topological polar surface area (TPSA) is 0 Å². The molecule has 2 unspecified atom stereocenters. The molecule has 0 nitrogen and oxygen atoms in total. The summed E-state index contributed by atoms with van der Waals surface area (Å²) in [6.07, 6.45) is 6.09. The van der Waals surface area contributed by atoms with E-state index in [4.69, 9.17) is 0 Å². The molecule has 2 aliphatic carbocycles. The molecule has 2 atom stereocenters. The van der Waals surface area contributed by atoms with Crippen molar-refractivity contribution in [1.29, 1.82) is 0 Å². The SMILES string of the molecule is C1=CC2CC1c1c2c(-c2ccccc2)c2ccccc2c1-c1ccccc1. The Labute approximate surface area is 159 Å². The second kappa shape index (κ2) is 5.69. The molecule has 0 amide bonds. The minimum atomic E-state index is 0.548. The van der Waals surface area contributed by atoms with E-state index in [1.807, 2.05) is 0 Å². The Morgan fingerprint density at radius 1 is 0.481 bits per heavy atom. The average molecular weight is 344 g/mol. The van der Waals surface area contributed by atoms with Gasteiger partial charge in [0.15, 0.2) is 0 Å². The Bertz CT molecular complexity index is 1090. The molecule has 2 aliphatic rings. The zero-order valence-electron chi connectivity index (χ0n) is 15.1. The Balaban J connectivity index is 1.81.